The van der Waals surface area contributed by atoms with Crippen molar-refractivity contribution in [1.29, 1.82) is 0 Å². The quantitative estimate of drug-likeness (QED) is 0.789. The van der Waals surface area contributed by atoms with Crippen LogP contribution in [0.4, 0.5) is 4.39 Å². The molecule has 0 fully saturated rings. The van der Waals surface area contributed by atoms with E-state index in [0.29, 0.717) is 18.0 Å². The van der Waals surface area contributed by atoms with Crippen LogP contribution < -0.4 is 5.32 Å². The van der Waals surface area contributed by atoms with E-state index in [0.717, 1.165) is 11.1 Å². The largest absolute Gasteiger partial charge is 0.351 e. The number of carbonyl (C=O) groups excluding carboxylic acids is 1. The Labute approximate surface area is 136 Å². The van der Waals surface area contributed by atoms with Crippen molar-refractivity contribution in [3.63, 3.8) is 0 Å². The number of hydrogen-bond donors (Lipinski definition) is 1. The zero-order valence-electron chi connectivity index (χ0n) is 11.2. The first kappa shape index (κ1) is 16.0. The Morgan fingerprint density at radius 2 is 1.86 bits per heavy atom. The number of nitrogens with one attached hydrogen (secondary N) is 1. The summed E-state index contributed by atoms with van der Waals surface area (Å²) in [7, 11) is 0. The summed E-state index contributed by atoms with van der Waals surface area (Å²) >= 11 is 9.44. The second-order valence-electron chi connectivity index (χ2n) is 4.61. The highest BCUT2D eigenvalue weighted by Gasteiger charge is 2.16. The van der Waals surface area contributed by atoms with Crippen LogP contribution in [0.1, 0.15) is 11.1 Å². The molecule has 0 aromatic heterocycles. The fourth-order valence-corrected chi connectivity index (χ4v) is 2.58. The molecule has 0 aliphatic heterocycles. The Kier molecular flexibility index (Phi) is 5.76. The summed E-state index contributed by atoms with van der Waals surface area (Å²) in [5, 5.41) is 3.45. The SMILES string of the molecule is O=C(NCc1ccc(F)cc1)C(Br)Cc1ccccc1Cl. The molecular weight excluding hydrogens is 357 g/mol. The molecule has 2 nitrogen and oxygen atoms in total. The van der Waals surface area contributed by atoms with Crippen LogP contribution in [0.5, 0.6) is 0 Å². The number of hydrogen-bond acceptors (Lipinski definition) is 1. The van der Waals surface area contributed by atoms with Gasteiger partial charge in [-0.25, -0.2) is 4.39 Å². The van der Waals surface area contributed by atoms with Crippen LogP contribution in [-0.2, 0) is 17.8 Å². The molecule has 2 rings (SSSR count). The van der Waals surface area contributed by atoms with Crippen LogP contribution in [0.2, 0.25) is 5.02 Å². The maximum Gasteiger partial charge on any atom is 0.234 e. The highest BCUT2D eigenvalue weighted by atomic mass is 79.9. The molecule has 1 atom stereocenters. The number of benzene rings is 2. The Morgan fingerprint density at radius 1 is 1.19 bits per heavy atom. The zero-order chi connectivity index (χ0) is 15.2. The van der Waals surface area contributed by atoms with Gasteiger partial charge in [-0.3, -0.25) is 4.79 Å². The molecule has 1 unspecified atom stereocenters. The van der Waals surface area contributed by atoms with Gasteiger partial charge in [-0.2, -0.15) is 0 Å². The second-order valence-corrected chi connectivity index (χ2v) is 6.12. The van der Waals surface area contributed by atoms with Crippen molar-refractivity contribution in [2.45, 2.75) is 17.8 Å². The summed E-state index contributed by atoms with van der Waals surface area (Å²) in [6.45, 7) is 0.365. The minimum absolute atomic E-state index is 0.126. The topological polar surface area (TPSA) is 29.1 Å². The van der Waals surface area contributed by atoms with E-state index >= 15 is 0 Å². The van der Waals surface area contributed by atoms with E-state index in [1.54, 1.807) is 18.2 Å². The summed E-state index contributed by atoms with van der Waals surface area (Å²) in [4.78, 5) is 11.7. The number of rotatable bonds is 5. The monoisotopic (exact) mass is 369 g/mol. The summed E-state index contributed by atoms with van der Waals surface area (Å²) in [6.07, 6.45) is 0.509. The predicted octanol–water partition coefficient (Wildman–Crippen LogP) is 4.10. The number of amides is 1. The first-order valence-electron chi connectivity index (χ1n) is 6.46. The molecule has 21 heavy (non-hydrogen) atoms. The molecule has 2 aromatic carbocycles. The molecule has 0 heterocycles. The lowest BCUT2D eigenvalue weighted by Gasteiger charge is -2.12. The van der Waals surface area contributed by atoms with Gasteiger partial charge < -0.3 is 5.32 Å². The molecule has 0 aliphatic rings. The molecule has 110 valence electrons. The molecule has 0 spiro atoms. The summed E-state index contributed by atoms with van der Waals surface area (Å²) in [5.74, 6) is -0.415. The molecule has 0 saturated heterocycles. The Morgan fingerprint density at radius 3 is 2.52 bits per heavy atom. The van der Waals surface area contributed by atoms with Crippen molar-refractivity contribution < 1.29 is 9.18 Å². The highest BCUT2D eigenvalue weighted by molar-refractivity contribution is 9.10. The molecule has 0 bridgehead atoms. The first-order valence-corrected chi connectivity index (χ1v) is 7.75. The standard InChI is InChI=1S/C16H14BrClFNO/c17-14(9-12-3-1-2-4-15(12)18)16(21)20-10-11-5-7-13(19)8-6-11/h1-8,14H,9-10H2,(H,20,21). The van der Waals surface area contributed by atoms with Crippen LogP contribution in [-0.4, -0.2) is 10.7 Å². The maximum atomic E-state index is 12.8. The molecular formula is C16H14BrClFNO. The molecule has 1 N–H and O–H groups in total. The number of alkyl halides is 1. The van der Waals surface area contributed by atoms with Crippen LogP contribution in [0.25, 0.3) is 0 Å². The van der Waals surface area contributed by atoms with Crippen LogP contribution >= 0.6 is 27.5 Å². The van der Waals surface area contributed by atoms with Gasteiger partial charge in [-0.05, 0) is 35.7 Å². The summed E-state index contributed by atoms with van der Waals surface area (Å²) in [6, 6.07) is 13.5. The van der Waals surface area contributed by atoms with Gasteiger partial charge in [0.15, 0.2) is 0 Å². The molecule has 2 aromatic rings. The van der Waals surface area contributed by atoms with E-state index in [9.17, 15) is 9.18 Å². The third-order valence-corrected chi connectivity index (χ3v) is 4.13. The minimum Gasteiger partial charge on any atom is -0.351 e. The predicted molar refractivity (Wildman–Crippen MR) is 86.1 cm³/mol. The van der Waals surface area contributed by atoms with E-state index in [1.165, 1.54) is 12.1 Å². The molecule has 0 saturated carbocycles. The van der Waals surface area contributed by atoms with Gasteiger partial charge in [0.2, 0.25) is 5.91 Å². The van der Waals surface area contributed by atoms with Gasteiger partial charge in [0.05, 0.1) is 4.83 Å². The van der Waals surface area contributed by atoms with Crippen LogP contribution in [0.15, 0.2) is 48.5 Å². The fraction of sp³-hybridized carbons (Fsp3) is 0.188. The average Bonchev–Trinajstić information content (AvgIpc) is 2.48. The van der Waals surface area contributed by atoms with E-state index in [1.807, 2.05) is 18.2 Å². The summed E-state index contributed by atoms with van der Waals surface area (Å²) in [5.41, 5.74) is 1.76. The van der Waals surface area contributed by atoms with Crippen molar-refractivity contribution in [3.8, 4) is 0 Å². The molecule has 5 heteroatoms. The number of halogens is 3. The smallest absolute Gasteiger partial charge is 0.234 e. The summed E-state index contributed by atoms with van der Waals surface area (Å²) < 4.78 is 12.8. The van der Waals surface area contributed by atoms with E-state index in [2.05, 4.69) is 21.2 Å². The zero-order valence-corrected chi connectivity index (χ0v) is 13.5. The van der Waals surface area contributed by atoms with Crippen molar-refractivity contribution >= 4 is 33.4 Å². The number of carbonyl (C=O) groups is 1. The van der Waals surface area contributed by atoms with Gasteiger partial charge in [-0.15, -0.1) is 0 Å². The van der Waals surface area contributed by atoms with Crippen molar-refractivity contribution in [3.05, 3.63) is 70.5 Å². The minimum atomic E-state index is -0.363. The third-order valence-electron chi connectivity index (χ3n) is 3.02. The van der Waals surface area contributed by atoms with Gasteiger partial charge >= 0.3 is 0 Å². The first-order chi connectivity index (χ1) is 10.1. The van der Waals surface area contributed by atoms with Crippen molar-refractivity contribution in [2.75, 3.05) is 0 Å². The van der Waals surface area contributed by atoms with Gasteiger partial charge in [0, 0.05) is 11.6 Å². The Balaban J connectivity index is 1.88. The normalized spacial score (nSPS) is 12.0. The average molecular weight is 371 g/mol. The van der Waals surface area contributed by atoms with Crippen molar-refractivity contribution in [2.24, 2.45) is 0 Å². The lowest BCUT2D eigenvalue weighted by atomic mass is 10.1. The highest BCUT2D eigenvalue weighted by Crippen LogP contribution is 2.19. The van der Waals surface area contributed by atoms with E-state index in [4.69, 9.17) is 11.6 Å². The third kappa shape index (κ3) is 4.83. The Bertz CT molecular complexity index is 618. The Hall–Kier alpha value is -1.39. The lowest BCUT2D eigenvalue weighted by Crippen LogP contribution is -2.31. The van der Waals surface area contributed by atoms with Gasteiger partial charge in [0.25, 0.3) is 0 Å². The van der Waals surface area contributed by atoms with E-state index < -0.39 is 0 Å². The molecule has 1 amide bonds. The maximum absolute atomic E-state index is 12.8. The van der Waals surface area contributed by atoms with E-state index in [-0.39, 0.29) is 16.6 Å². The molecule has 0 radical (unpaired) electrons. The van der Waals surface area contributed by atoms with Gasteiger partial charge in [0.1, 0.15) is 5.82 Å². The molecule has 0 aliphatic carbocycles. The van der Waals surface area contributed by atoms with Crippen LogP contribution in [0, 0.1) is 5.82 Å². The van der Waals surface area contributed by atoms with Gasteiger partial charge in [-0.1, -0.05) is 57.9 Å². The lowest BCUT2D eigenvalue weighted by molar-refractivity contribution is -0.120. The fourth-order valence-electron chi connectivity index (χ4n) is 1.85. The van der Waals surface area contributed by atoms with Crippen LogP contribution in [0.3, 0.4) is 0 Å². The van der Waals surface area contributed by atoms with Crippen molar-refractivity contribution in [1.82, 2.24) is 5.32 Å². The second kappa shape index (κ2) is 7.57.